The molecule has 1 aromatic heterocycles. The topological polar surface area (TPSA) is 69.5 Å². The number of halogens is 1. The molecule has 1 aliphatic heterocycles. The SMILES string of the molecule is COCC(=O)N1c2ncnn2[C@H](c2ccc(Cl)cc2)C[C@H]1c1ccc(OC)cc1. The molecule has 2 heterocycles. The first-order chi connectivity index (χ1) is 14.1. The van der Waals surface area contributed by atoms with Crippen LogP contribution in [0.15, 0.2) is 54.9 Å². The van der Waals surface area contributed by atoms with Gasteiger partial charge < -0.3 is 9.47 Å². The van der Waals surface area contributed by atoms with Gasteiger partial charge in [-0.3, -0.25) is 9.69 Å². The Morgan fingerprint density at radius 2 is 1.72 bits per heavy atom. The van der Waals surface area contributed by atoms with Gasteiger partial charge in [0.2, 0.25) is 5.95 Å². The van der Waals surface area contributed by atoms with Gasteiger partial charge in [-0.2, -0.15) is 10.1 Å². The zero-order valence-corrected chi connectivity index (χ0v) is 16.9. The average molecular weight is 413 g/mol. The van der Waals surface area contributed by atoms with Crippen molar-refractivity contribution in [3.63, 3.8) is 0 Å². The number of hydrogen-bond acceptors (Lipinski definition) is 5. The molecular weight excluding hydrogens is 392 g/mol. The van der Waals surface area contributed by atoms with Crippen LogP contribution in [0.3, 0.4) is 0 Å². The first-order valence-electron chi connectivity index (χ1n) is 9.22. The molecule has 3 aromatic rings. The largest absolute Gasteiger partial charge is 0.497 e. The molecule has 8 heteroatoms. The van der Waals surface area contributed by atoms with Gasteiger partial charge in [-0.1, -0.05) is 35.9 Å². The van der Waals surface area contributed by atoms with Gasteiger partial charge in [0.1, 0.15) is 18.7 Å². The van der Waals surface area contributed by atoms with E-state index in [1.54, 1.807) is 16.7 Å². The van der Waals surface area contributed by atoms with Crippen LogP contribution in [0.4, 0.5) is 5.95 Å². The van der Waals surface area contributed by atoms with Gasteiger partial charge in [0.25, 0.3) is 5.91 Å². The molecule has 4 rings (SSSR count). The van der Waals surface area contributed by atoms with Crippen LogP contribution in [0.2, 0.25) is 5.02 Å². The molecular formula is C21H21ClN4O3. The summed E-state index contributed by atoms with van der Waals surface area (Å²) in [7, 11) is 3.13. The summed E-state index contributed by atoms with van der Waals surface area (Å²) < 4.78 is 12.2. The van der Waals surface area contributed by atoms with Gasteiger partial charge >= 0.3 is 0 Å². The predicted octanol–water partition coefficient (Wildman–Crippen LogP) is 3.65. The second-order valence-corrected chi connectivity index (χ2v) is 7.23. The molecule has 2 atom stereocenters. The van der Waals surface area contributed by atoms with Crippen LogP contribution in [0.1, 0.15) is 29.6 Å². The number of anilines is 1. The molecule has 0 N–H and O–H groups in total. The zero-order chi connectivity index (χ0) is 20.4. The van der Waals surface area contributed by atoms with Gasteiger partial charge in [-0.05, 0) is 41.8 Å². The Hall–Kier alpha value is -2.90. The number of nitrogens with zero attached hydrogens (tertiary/aromatic N) is 4. The number of ether oxygens (including phenoxy) is 2. The molecule has 0 aliphatic carbocycles. The van der Waals surface area contributed by atoms with E-state index < -0.39 is 0 Å². The van der Waals surface area contributed by atoms with E-state index in [1.165, 1.54) is 13.4 Å². The van der Waals surface area contributed by atoms with E-state index in [2.05, 4.69) is 10.1 Å². The number of fused-ring (bicyclic) bond motifs is 1. The Labute approximate surface area is 173 Å². The fourth-order valence-electron chi connectivity index (χ4n) is 3.74. The number of rotatable bonds is 5. The first kappa shape index (κ1) is 19.4. The zero-order valence-electron chi connectivity index (χ0n) is 16.2. The Bertz CT molecular complexity index is 988. The minimum Gasteiger partial charge on any atom is -0.497 e. The van der Waals surface area contributed by atoms with Crippen LogP contribution in [0.5, 0.6) is 5.75 Å². The molecule has 1 aliphatic rings. The summed E-state index contributed by atoms with van der Waals surface area (Å²) in [5.74, 6) is 1.09. The number of benzene rings is 2. The summed E-state index contributed by atoms with van der Waals surface area (Å²) in [4.78, 5) is 19.0. The second-order valence-electron chi connectivity index (χ2n) is 6.79. The van der Waals surface area contributed by atoms with Crippen LogP contribution in [-0.2, 0) is 9.53 Å². The van der Waals surface area contributed by atoms with E-state index in [9.17, 15) is 4.79 Å². The van der Waals surface area contributed by atoms with E-state index >= 15 is 0 Å². The van der Waals surface area contributed by atoms with Crippen LogP contribution in [-0.4, -0.2) is 41.5 Å². The van der Waals surface area contributed by atoms with Gasteiger partial charge in [0.15, 0.2) is 0 Å². The molecule has 0 fully saturated rings. The molecule has 0 spiro atoms. The van der Waals surface area contributed by atoms with Crippen molar-refractivity contribution in [1.29, 1.82) is 0 Å². The minimum absolute atomic E-state index is 0.0366. The van der Waals surface area contributed by atoms with Crippen molar-refractivity contribution in [3.05, 3.63) is 71.0 Å². The fourth-order valence-corrected chi connectivity index (χ4v) is 3.87. The molecule has 0 bridgehead atoms. The van der Waals surface area contributed by atoms with Crippen molar-refractivity contribution >= 4 is 23.5 Å². The Morgan fingerprint density at radius 1 is 1.07 bits per heavy atom. The molecule has 150 valence electrons. The van der Waals surface area contributed by atoms with Gasteiger partial charge in [0.05, 0.1) is 19.2 Å². The van der Waals surface area contributed by atoms with Crippen LogP contribution in [0, 0.1) is 0 Å². The highest BCUT2D eigenvalue weighted by atomic mass is 35.5. The summed E-state index contributed by atoms with van der Waals surface area (Å²) in [5.41, 5.74) is 2.04. The normalized spacial score (nSPS) is 18.4. The highest BCUT2D eigenvalue weighted by Gasteiger charge is 2.39. The number of aromatic nitrogens is 3. The number of carbonyl (C=O) groups excluding carboxylic acids is 1. The molecule has 29 heavy (non-hydrogen) atoms. The number of carbonyl (C=O) groups is 1. The smallest absolute Gasteiger partial charge is 0.255 e. The van der Waals surface area contributed by atoms with Crippen molar-refractivity contribution in [3.8, 4) is 5.75 Å². The molecule has 2 aromatic carbocycles. The lowest BCUT2D eigenvalue weighted by atomic mass is 9.92. The lowest BCUT2D eigenvalue weighted by Crippen LogP contribution is -2.44. The Morgan fingerprint density at radius 3 is 2.38 bits per heavy atom. The summed E-state index contributed by atoms with van der Waals surface area (Å²) >= 11 is 6.07. The molecule has 7 nitrogen and oxygen atoms in total. The summed E-state index contributed by atoms with van der Waals surface area (Å²) in [6.07, 6.45) is 2.11. The number of hydrogen-bond donors (Lipinski definition) is 0. The first-order valence-corrected chi connectivity index (χ1v) is 9.60. The third-order valence-corrected chi connectivity index (χ3v) is 5.37. The molecule has 0 radical (unpaired) electrons. The van der Waals surface area contributed by atoms with E-state index in [-0.39, 0.29) is 24.6 Å². The number of amides is 1. The van der Waals surface area contributed by atoms with E-state index in [4.69, 9.17) is 21.1 Å². The van der Waals surface area contributed by atoms with Crippen molar-refractivity contribution in [2.24, 2.45) is 0 Å². The summed E-state index contributed by atoms with van der Waals surface area (Å²) in [5, 5.41) is 5.08. The van der Waals surface area contributed by atoms with Crippen molar-refractivity contribution < 1.29 is 14.3 Å². The van der Waals surface area contributed by atoms with Gasteiger partial charge in [-0.15, -0.1) is 0 Å². The van der Waals surface area contributed by atoms with E-state index in [1.807, 2.05) is 48.5 Å². The molecule has 1 amide bonds. The lowest BCUT2D eigenvalue weighted by Gasteiger charge is -2.39. The second kappa shape index (κ2) is 8.23. The monoisotopic (exact) mass is 412 g/mol. The van der Waals surface area contributed by atoms with Gasteiger partial charge in [-0.25, -0.2) is 4.68 Å². The van der Waals surface area contributed by atoms with E-state index in [0.29, 0.717) is 17.4 Å². The Kier molecular flexibility index (Phi) is 5.51. The lowest BCUT2D eigenvalue weighted by molar-refractivity contribution is -0.123. The van der Waals surface area contributed by atoms with Crippen LogP contribution < -0.4 is 9.64 Å². The molecule has 0 saturated carbocycles. The minimum atomic E-state index is -0.221. The summed E-state index contributed by atoms with van der Waals surface area (Å²) in [6.45, 7) is -0.0366. The Balaban J connectivity index is 1.80. The summed E-state index contributed by atoms with van der Waals surface area (Å²) in [6, 6.07) is 15.1. The van der Waals surface area contributed by atoms with Gasteiger partial charge in [0, 0.05) is 12.1 Å². The maximum absolute atomic E-state index is 12.9. The third kappa shape index (κ3) is 3.71. The standard InChI is InChI=1S/C21H21ClN4O3/c1-28-12-20(27)25-18(14-5-9-17(29-2)10-6-14)11-19(26-21(25)23-13-24-26)15-3-7-16(22)8-4-15/h3-10,13,18-19H,11-12H2,1-2H3/t18-,19-/m0/s1. The maximum atomic E-state index is 12.9. The van der Waals surface area contributed by atoms with Crippen LogP contribution >= 0.6 is 11.6 Å². The fraction of sp³-hybridized carbons (Fsp3) is 0.286. The average Bonchev–Trinajstić information content (AvgIpc) is 3.23. The molecule has 0 unspecified atom stereocenters. The highest BCUT2D eigenvalue weighted by molar-refractivity contribution is 6.30. The van der Waals surface area contributed by atoms with E-state index in [0.717, 1.165) is 16.9 Å². The van der Waals surface area contributed by atoms with Crippen molar-refractivity contribution in [2.45, 2.75) is 18.5 Å². The quantitative estimate of drug-likeness (QED) is 0.639. The van der Waals surface area contributed by atoms with Crippen molar-refractivity contribution in [1.82, 2.24) is 14.8 Å². The van der Waals surface area contributed by atoms with Crippen molar-refractivity contribution in [2.75, 3.05) is 25.7 Å². The number of methoxy groups -OCH3 is 2. The third-order valence-electron chi connectivity index (χ3n) is 5.11. The van der Waals surface area contributed by atoms with Crippen LogP contribution in [0.25, 0.3) is 0 Å². The highest BCUT2D eigenvalue weighted by Crippen LogP contribution is 2.42. The molecule has 0 saturated heterocycles. The maximum Gasteiger partial charge on any atom is 0.255 e. The predicted molar refractivity (Wildman–Crippen MR) is 109 cm³/mol.